The molecular weight excluding hydrogens is 292 g/mol. The first-order valence-electron chi connectivity index (χ1n) is 5.67. The first-order chi connectivity index (χ1) is 8.16. The van der Waals surface area contributed by atoms with E-state index in [1.807, 2.05) is 0 Å². The van der Waals surface area contributed by atoms with E-state index >= 15 is 0 Å². The molecule has 0 unspecified atom stereocenters. The molecule has 1 saturated carbocycles. The van der Waals surface area contributed by atoms with Crippen molar-refractivity contribution >= 4 is 15.9 Å². The lowest BCUT2D eigenvalue weighted by Crippen LogP contribution is -2.19. The lowest BCUT2D eigenvalue weighted by atomic mass is 10.3. The highest BCUT2D eigenvalue weighted by molar-refractivity contribution is 9.10. The molecule has 0 spiro atoms. The summed E-state index contributed by atoms with van der Waals surface area (Å²) in [7, 11) is 0. The highest BCUT2D eigenvalue weighted by atomic mass is 79.9. The minimum atomic E-state index is -0.927. The van der Waals surface area contributed by atoms with Gasteiger partial charge in [0.2, 0.25) is 5.82 Å². The predicted molar refractivity (Wildman–Crippen MR) is 65.2 cm³/mol. The van der Waals surface area contributed by atoms with Gasteiger partial charge in [-0.25, -0.2) is 4.39 Å². The van der Waals surface area contributed by atoms with Gasteiger partial charge in [0.05, 0.1) is 6.61 Å². The van der Waals surface area contributed by atoms with Crippen LogP contribution in [0.15, 0.2) is 16.6 Å². The minimum Gasteiger partial charge on any atom is -0.490 e. The number of halogens is 3. The van der Waals surface area contributed by atoms with Gasteiger partial charge in [-0.3, -0.25) is 0 Å². The minimum absolute atomic E-state index is 0.0386. The average molecular weight is 306 g/mol. The van der Waals surface area contributed by atoms with Gasteiger partial charge in [0.15, 0.2) is 11.6 Å². The second kappa shape index (κ2) is 5.78. The predicted octanol–water partition coefficient (Wildman–Crippen LogP) is 3.25. The van der Waals surface area contributed by atoms with Gasteiger partial charge in [-0.15, -0.1) is 0 Å². The Bertz CT molecular complexity index is 396. The quantitative estimate of drug-likeness (QED) is 0.643. The monoisotopic (exact) mass is 305 g/mol. The Morgan fingerprint density at radius 3 is 2.82 bits per heavy atom. The van der Waals surface area contributed by atoms with Crippen LogP contribution in [0.4, 0.5) is 8.78 Å². The Morgan fingerprint density at radius 1 is 1.35 bits per heavy atom. The highest BCUT2D eigenvalue weighted by Crippen LogP contribution is 2.25. The Balaban J connectivity index is 1.77. The van der Waals surface area contributed by atoms with Crippen LogP contribution in [0.3, 0.4) is 0 Å². The SMILES string of the molecule is Fc1cc(Br)cc(OCCCNC2CC2)c1F. The Labute approximate surface area is 107 Å². The summed E-state index contributed by atoms with van der Waals surface area (Å²) in [6.45, 7) is 1.23. The van der Waals surface area contributed by atoms with Crippen molar-refractivity contribution < 1.29 is 13.5 Å². The Kier molecular flexibility index (Phi) is 4.34. The van der Waals surface area contributed by atoms with Gasteiger partial charge in [0.25, 0.3) is 0 Å². The normalized spacial score (nSPS) is 15.0. The third-order valence-electron chi connectivity index (χ3n) is 2.55. The molecule has 94 valence electrons. The zero-order chi connectivity index (χ0) is 12.3. The van der Waals surface area contributed by atoms with Crippen LogP contribution in [-0.2, 0) is 0 Å². The molecule has 1 fully saturated rings. The summed E-state index contributed by atoms with van der Waals surface area (Å²) in [6, 6.07) is 3.18. The molecule has 1 aromatic rings. The van der Waals surface area contributed by atoms with Crippen LogP contribution in [0, 0.1) is 11.6 Å². The van der Waals surface area contributed by atoms with Crippen LogP contribution >= 0.6 is 15.9 Å². The molecule has 1 aromatic carbocycles. The summed E-state index contributed by atoms with van der Waals surface area (Å²) in [6.07, 6.45) is 3.27. The van der Waals surface area contributed by atoms with E-state index in [0.29, 0.717) is 17.1 Å². The lowest BCUT2D eigenvalue weighted by molar-refractivity contribution is 0.287. The molecule has 0 amide bonds. The van der Waals surface area contributed by atoms with Crippen LogP contribution in [0.5, 0.6) is 5.75 Å². The number of nitrogens with one attached hydrogen (secondary N) is 1. The smallest absolute Gasteiger partial charge is 0.200 e. The van der Waals surface area contributed by atoms with Crippen LogP contribution < -0.4 is 10.1 Å². The first kappa shape index (κ1) is 12.8. The van der Waals surface area contributed by atoms with Gasteiger partial charge >= 0.3 is 0 Å². The fourth-order valence-corrected chi connectivity index (χ4v) is 1.89. The molecule has 1 aliphatic rings. The number of benzene rings is 1. The number of hydrogen-bond acceptors (Lipinski definition) is 2. The van der Waals surface area contributed by atoms with Crippen molar-refractivity contribution in [3.05, 3.63) is 28.2 Å². The van der Waals surface area contributed by atoms with E-state index in [4.69, 9.17) is 4.74 Å². The van der Waals surface area contributed by atoms with Gasteiger partial charge in [-0.1, -0.05) is 15.9 Å². The Hall–Kier alpha value is -0.680. The topological polar surface area (TPSA) is 21.3 Å². The van der Waals surface area contributed by atoms with Crippen LogP contribution in [-0.4, -0.2) is 19.2 Å². The summed E-state index contributed by atoms with van der Waals surface area (Å²) >= 11 is 3.10. The molecule has 0 saturated heterocycles. The fourth-order valence-electron chi connectivity index (χ4n) is 1.49. The van der Waals surface area contributed by atoms with Crippen LogP contribution in [0.25, 0.3) is 0 Å². The molecule has 0 radical (unpaired) electrons. The third-order valence-corrected chi connectivity index (χ3v) is 3.01. The Morgan fingerprint density at radius 2 is 2.12 bits per heavy atom. The molecule has 0 heterocycles. The number of hydrogen-bond donors (Lipinski definition) is 1. The van der Waals surface area contributed by atoms with Crippen LogP contribution in [0.1, 0.15) is 19.3 Å². The largest absolute Gasteiger partial charge is 0.490 e. The van der Waals surface area contributed by atoms with E-state index in [1.54, 1.807) is 0 Å². The van der Waals surface area contributed by atoms with Crippen molar-refractivity contribution in [3.8, 4) is 5.75 Å². The highest BCUT2D eigenvalue weighted by Gasteiger charge is 2.19. The summed E-state index contributed by atoms with van der Waals surface area (Å²) < 4.78 is 32.0. The molecule has 0 bridgehead atoms. The fraction of sp³-hybridized carbons (Fsp3) is 0.500. The maximum atomic E-state index is 13.3. The average Bonchev–Trinajstić information content (AvgIpc) is 3.08. The van der Waals surface area contributed by atoms with E-state index in [1.165, 1.54) is 18.9 Å². The van der Waals surface area contributed by atoms with Gasteiger partial charge in [0.1, 0.15) is 0 Å². The summed E-state index contributed by atoms with van der Waals surface area (Å²) in [4.78, 5) is 0. The molecule has 2 rings (SSSR count). The van der Waals surface area contributed by atoms with E-state index in [-0.39, 0.29) is 5.75 Å². The zero-order valence-corrected chi connectivity index (χ0v) is 10.9. The molecule has 2 nitrogen and oxygen atoms in total. The van der Waals surface area contributed by atoms with Gasteiger partial charge in [-0.2, -0.15) is 4.39 Å². The summed E-state index contributed by atoms with van der Waals surface area (Å²) in [5.74, 6) is -1.86. The van der Waals surface area contributed by atoms with E-state index < -0.39 is 11.6 Å². The van der Waals surface area contributed by atoms with Crippen molar-refractivity contribution in [1.29, 1.82) is 0 Å². The van der Waals surface area contributed by atoms with Crippen molar-refractivity contribution in [2.45, 2.75) is 25.3 Å². The molecule has 1 N–H and O–H groups in total. The molecule has 1 aliphatic carbocycles. The van der Waals surface area contributed by atoms with Gasteiger partial charge in [-0.05, 0) is 37.9 Å². The first-order valence-corrected chi connectivity index (χ1v) is 6.47. The molecular formula is C12H14BrF2NO. The van der Waals surface area contributed by atoms with E-state index in [2.05, 4.69) is 21.2 Å². The maximum absolute atomic E-state index is 13.3. The molecule has 0 aliphatic heterocycles. The van der Waals surface area contributed by atoms with Gasteiger partial charge < -0.3 is 10.1 Å². The number of ether oxygens (including phenoxy) is 1. The van der Waals surface area contributed by atoms with Gasteiger partial charge in [0, 0.05) is 10.5 Å². The van der Waals surface area contributed by atoms with E-state index in [0.717, 1.165) is 19.0 Å². The molecule has 0 atom stereocenters. The maximum Gasteiger partial charge on any atom is 0.200 e. The van der Waals surface area contributed by atoms with Crippen LogP contribution in [0.2, 0.25) is 0 Å². The van der Waals surface area contributed by atoms with Crippen molar-refractivity contribution in [3.63, 3.8) is 0 Å². The van der Waals surface area contributed by atoms with Crippen molar-refractivity contribution in [1.82, 2.24) is 5.32 Å². The van der Waals surface area contributed by atoms with E-state index in [9.17, 15) is 8.78 Å². The zero-order valence-electron chi connectivity index (χ0n) is 9.31. The second-order valence-corrected chi connectivity index (χ2v) is 5.05. The number of rotatable bonds is 6. The second-order valence-electron chi connectivity index (χ2n) is 4.13. The summed E-state index contributed by atoms with van der Waals surface area (Å²) in [5, 5.41) is 3.32. The molecule has 5 heteroatoms. The molecule has 0 aromatic heterocycles. The van der Waals surface area contributed by atoms with Crippen molar-refractivity contribution in [2.24, 2.45) is 0 Å². The standard InChI is InChI=1S/C12H14BrF2NO/c13-8-6-10(14)12(15)11(7-8)17-5-1-4-16-9-2-3-9/h6-7,9,16H,1-5H2. The third kappa shape index (κ3) is 3.92. The summed E-state index contributed by atoms with van der Waals surface area (Å²) in [5.41, 5.74) is 0. The molecule has 17 heavy (non-hydrogen) atoms. The lowest BCUT2D eigenvalue weighted by Gasteiger charge is -2.08. The van der Waals surface area contributed by atoms with Crippen molar-refractivity contribution in [2.75, 3.05) is 13.2 Å².